The van der Waals surface area contributed by atoms with Crippen LogP contribution in [-0.4, -0.2) is 55.8 Å². The molecule has 12 rings (SSSR count). The largest absolute Gasteiger partial charge is 0.478 e. The smallest absolute Gasteiger partial charge is 0.330 e. The summed E-state index contributed by atoms with van der Waals surface area (Å²) in [7, 11) is 1.36. The van der Waals surface area contributed by atoms with Gasteiger partial charge in [-0.05, 0) is 181 Å². The van der Waals surface area contributed by atoms with Gasteiger partial charge in [-0.15, -0.1) is 0 Å². The molecule has 4 aliphatic rings. The number of anilines is 2. The van der Waals surface area contributed by atoms with Gasteiger partial charge in [0.25, 0.3) is 0 Å². The summed E-state index contributed by atoms with van der Waals surface area (Å²) in [6.07, 6.45) is 18.4. The van der Waals surface area contributed by atoms with E-state index in [2.05, 4.69) is 131 Å². The molecule has 4 atom stereocenters. The number of aryl methyl sites for hydroxylation is 2. The molecule has 6 aromatic carbocycles. The molecular formula is C67H68N6O4. The lowest BCUT2D eigenvalue weighted by Gasteiger charge is -2.44. The molecule has 0 amide bonds. The minimum Gasteiger partial charge on any atom is -0.478 e. The number of benzene rings is 6. The number of rotatable bonds is 14. The van der Waals surface area contributed by atoms with Crippen molar-refractivity contribution in [3.63, 3.8) is 0 Å². The maximum absolute atomic E-state index is 11.6. The molecule has 10 nitrogen and oxygen atoms in total. The van der Waals surface area contributed by atoms with Crippen LogP contribution in [-0.2, 0) is 40.2 Å². The summed E-state index contributed by atoms with van der Waals surface area (Å²) in [6.45, 7) is -6.50. The number of carboxylic acid groups (broad SMARTS) is 1. The van der Waals surface area contributed by atoms with Gasteiger partial charge in [-0.25, -0.2) is 9.59 Å². The number of hydrogen-bond donors (Lipinski definition) is 1. The molecule has 2 aliphatic heterocycles. The molecule has 390 valence electrons. The third-order valence-electron chi connectivity index (χ3n) is 15.5. The highest BCUT2D eigenvalue weighted by atomic mass is 16.5. The average molecular weight is 1030 g/mol. The summed E-state index contributed by atoms with van der Waals surface area (Å²) in [5, 5.41) is 17.2. The average Bonchev–Trinajstić information content (AvgIpc) is 1.81. The first kappa shape index (κ1) is 40.1. The van der Waals surface area contributed by atoms with Gasteiger partial charge in [0.1, 0.15) is 0 Å². The Kier molecular flexibility index (Phi) is 11.5. The molecule has 10 heteroatoms. The predicted octanol–water partition coefficient (Wildman–Crippen LogP) is 14.3. The van der Waals surface area contributed by atoms with Crippen molar-refractivity contribution in [3.8, 4) is 22.3 Å². The highest BCUT2D eigenvalue weighted by Gasteiger charge is 2.36. The number of methoxy groups -OCH3 is 1. The number of fused-ring (bicyclic) bond motifs is 2. The Morgan fingerprint density at radius 1 is 0.584 bits per heavy atom. The Morgan fingerprint density at radius 2 is 1.00 bits per heavy atom. The fourth-order valence-corrected chi connectivity index (χ4v) is 11.3. The van der Waals surface area contributed by atoms with Gasteiger partial charge in [-0.2, -0.15) is 10.2 Å². The fraction of sp³-hybridized carbons (Fsp3) is 0.284. The van der Waals surface area contributed by atoms with Crippen molar-refractivity contribution in [1.29, 1.82) is 0 Å². The van der Waals surface area contributed by atoms with Gasteiger partial charge >= 0.3 is 11.9 Å². The molecule has 8 aromatic rings. The molecular weight excluding hydrogens is 953 g/mol. The lowest BCUT2D eigenvalue weighted by Crippen LogP contribution is -2.42. The van der Waals surface area contributed by atoms with E-state index in [1.807, 2.05) is 36.4 Å². The van der Waals surface area contributed by atoms with Gasteiger partial charge < -0.3 is 19.6 Å². The molecule has 2 aromatic heterocycles. The zero-order chi connectivity index (χ0) is 61.7. The van der Waals surface area contributed by atoms with Crippen LogP contribution < -0.4 is 9.80 Å². The second-order valence-electron chi connectivity index (χ2n) is 20.7. The molecule has 77 heavy (non-hydrogen) atoms. The minimum atomic E-state index is -2.85. The van der Waals surface area contributed by atoms with Crippen LogP contribution in [0.3, 0.4) is 0 Å². The number of esters is 1. The van der Waals surface area contributed by atoms with Gasteiger partial charge in [0.15, 0.2) is 0 Å². The van der Waals surface area contributed by atoms with Crippen LogP contribution in [0.1, 0.15) is 146 Å². The molecule has 2 saturated carbocycles. The fourth-order valence-electron chi connectivity index (χ4n) is 11.3. The summed E-state index contributed by atoms with van der Waals surface area (Å²) in [5.41, 5.74) is 16.6. The Bertz CT molecular complexity index is 3860. The van der Waals surface area contributed by atoms with Crippen LogP contribution in [0.2, 0.25) is 0 Å². The Morgan fingerprint density at radius 3 is 1.39 bits per heavy atom. The van der Waals surface area contributed by atoms with Crippen molar-refractivity contribution < 1.29 is 33.1 Å². The van der Waals surface area contributed by atoms with E-state index in [0.29, 0.717) is 23.0 Å². The van der Waals surface area contributed by atoms with Crippen molar-refractivity contribution in [1.82, 2.24) is 19.6 Å². The lowest BCUT2D eigenvalue weighted by atomic mass is 9.83. The molecule has 0 radical (unpaired) electrons. The normalized spacial score (nSPS) is 21.5. The van der Waals surface area contributed by atoms with E-state index in [4.69, 9.17) is 23.6 Å². The molecule has 4 heterocycles. The number of carbonyl (C=O) groups excluding carboxylic acids is 1. The summed E-state index contributed by atoms with van der Waals surface area (Å²) < 4.78 is 84.3. The topological polar surface area (TPSA) is 106 Å². The van der Waals surface area contributed by atoms with E-state index in [9.17, 15) is 9.59 Å². The third-order valence-corrected chi connectivity index (χ3v) is 15.5. The molecule has 2 unspecified atom stereocenters. The van der Waals surface area contributed by atoms with Gasteiger partial charge in [-0.3, -0.25) is 9.36 Å². The van der Waals surface area contributed by atoms with Crippen molar-refractivity contribution in [3.05, 3.63) is 226 Å². The molecule has 1 N–H and O–H groups in total. The second-order valence-corrected chi connectivity index (χ2v) is 20.7. The van der Waals surface area contributed by atoms with Gasteiger partial charge in [-0.1, -0.05) is 109 Å². The Hall–Kier alpha value is -8.24. The van der Waals surface area contributed by atoms with Crippen LogP contribution in [0.25, 0.3) is 34.4 Å². The van der Waals surface area contributed by atoms with Crippen LogP contribution in [0.15, 0.2) is 170 Å². The first-order valence-corrected chi connectivity index (χ1v) is 26.4. The van der Waals surface area contributed by atoms with Gasteiger partial charge in [0.05, 0.1) is 37.1 Å². The van der Waals surface area contributed by atoms with Crippen molar-refractivity contribution in [2.75, 3.05) is 16.9 Å². The molecule has 0 saturated heterocycles. The molecule has 2 aliphatic carbocycles. The van der Waals surface area contributed by atoms with Crippen molar-refractivity contribution in [2.24, 2.45) is 0 Å². The standard InChI is InChI=1S/C34H35N3O2.C33H33N3O2/c1-4-36-22-30(21-35-36)28-14-17-32-29(20-28)19-23(2)37(31-15-12-26(13-16-31)25-10-11-25)34(32)27-8-5-24(6-9-27)7-18-33(38)39-3;1-3-35-21-29(20-34-35)27-13-16-31-28(19-27)18-22(2)36(30-14-11-25(12-15-30)24-9-10-24)33(31)26-7-4-23(5-8-26)6-17-32(37)38/h5-9,12-18,20-23,25,34H,4,10-11,19H2,1-3H3;4-8,11-17,19-22,24,33H,3,9-10,18H2,1-2H3,(H,37,38)/b18-7+;17-6+/t23-,34?;22-,33?/m11/s1/i1D3,4D2;1D3,3D2. The van der Waals surface area contributed by atoms with Crippen molar-refractivity contribution in [2.45, 2.75) is 115 Å². The maximum atomic E-state index is 11.6. The van der Waals surface area contributed by atoms with Crippen LogP contribution in [0.4, 0.5) is 11.4 Å². The Balaban J connectivity index is 0.000000180. The molecule has 0 bridgehead atoms. The lowest BCUT2D eigenvalue weighted by molar-refractivity contribution is -0.135. The highest BCUT2D eigenvalue weighted by molar-refractivity contribution is 5.87. The quantitative estimate of drug-likeness (QED) is 0.0848. The van der Waals surface area contributed by atoms with E-state index >= 15 is 0 Å². The zero-order valence-corrected chi connectivity index (χ0v) is 43.4. The van der Waals surface area contributed by atoms with Crippen LogP contribution in [0, 0.1) is 0 Å². The van der Waals surface area contributed by atoms with E-state index in [0.717, 1.165) is 84.2 Å². The number of aliphatic carboxylic acids is 1. The monoisotopic (exact) mass is 1030 g/mol. The number of nitrogens with zero attached hydrogens (tertiary/aromatic N) is 6. The SMILES string of the molecule is [2H]C([2H])([2H])C([2H])([2H])n1cc(-c2ccc3c(c2)C[C@@H](C)N(c2ccc(C4CC4)cc2)C3c2ccc(/C=C/C(=O)O)cc2)cn1.[2H]C([2H])([2H])C([2H])([2H])n1cc(-c2ccc3c(c2)C[C@@H](C)N(c2ccc(C4CC4)cc2)C3c2ccc(/C=C/C(=O)OC)cc2)cn1. The first-order chi connectivity index (χ1) is 41.4. The first-order valence-electron chi connectivity index (χ1n) is 31.4. The van der Waals surface area contributed by atoms with Gasteiger partial charge in [0, 0.05) is 80.3 Å². The van der Waals surface area contributed by atoms with Crippen molar-refractivity contribution >= 4 is 35.5 Å². The Labute approximate surface area is 467 Å². The summed E-state index contributed by atoms with van der Waals surface area (Å²) >= 11 is 0. The minimum absolute atomic E-state index is 0.0689. The molecule has 0 spiro atoms. The van der Waals surface area contributed by atoms with E-state index in [1.54, 1.807) is 12.2 Å². The molecule has 2 fully saturated rings. The number of carbonyl (C=O) groups is 2. The second kappa shape index (κ2) is 22.2. The summed E-state index contributed by atoms with van der Waals surface area (Å²) in [4.78, 5) is 27.5. The maximum Gasteiger partial charge on any atom is 0.330 e. The highest BCUT2D eigenvalue weighted by Crippen LogP contribution is 2.47. The summed E-state index contributed by atoms with van der Waals surface area (Å²) in [6, 6.07) is 46.6. The number of hydrogen-bond acceptors (Lipinski definition) is 7. The zero-order valence-electron chi connectivity index (χ0n) is 53.4. The van der Waals surface area contributed by atoms with Gasteiger partial charge in [0.2, 0.25) is 0 Å². The van der Waals surface area contributed by atoms with E-state index < -0.39 is 38.6 Å². The van der Waals surface area contributed by atoms with E-state index in [1.165, 1.54) is 85.9 Å². The van der Waals surface area contributed by atoms with Crippen LogP contribution in [0.5, 0.6) is 0 Å². The number of carboxylic acids is 1. The predicted molar refractivity (Wildman–Crippen MR) is 309 cm³/mol. The van der Waals surface area contributed by atoms with E-state index in [-0.39, 0.29) is 24.2 Å². The summed E-state index contributed by atoms with van der Waals surface area (Å²) in [5.74, 6) is -0.0343. The number of aromatic nitrogens is 4. The number of ether oxygens (including phenoxy) is 1. The third kappa shape index (κ3) is 11.2. The van der Waals surface area contributed by atoms with Crippen LogP contribution >= 0.6 is 0 Å².